The lowest BCUT2D eigenvalue weighted by molar-refractivity contribution is -0.118. The Morgan fingerprint density at radius 2 is 2.25 bits per heavy atom. The summed E-state index contributed by atoms with van der Waals surface area (Å²) in [7, 11) is 0. The molecule has 0 spiro atoms. The summed E-state index contributed by atoms with van der Waals surface area (Å²) in [5, 5.41) is 2.86. The van der Waals surface area contributed by atoms with E-state index in [-0.39, 0.29) is 24.4 Å². The Bertz CT molecular complexity index is 526. The Morgan fingerprint density at radius 3 is 2.95 bits per heavy atom. The van der Waals surface area contributed by atoms with Crippen LogP contribution in [-0.4, -0.2) is 29.2 Å². The van der Waals surface area contributed by atoms with Crippen LogP contribution in [0.5, 0.6) is 0 Å². The summed E-state index contributed by atoms with van der Waals surface area (Å²) >= 11 is 3.10. The maximum Gasteiger partial charge on any atom is 0.230 e. The van der Waals surface area contributed by atoms with Crippen LogP contribution in [0.4, 0.5) is 0 Å². The molecule has 0 fully saturated rings. The van der Waals surface area contributed by atoms with E-state index >= 15 is 0 Å². The molecular weight excluding hydrogens is 314 g/mol. The lowest BCUT2D eigenvalue weighted by Gasteiger charge is -2.06. The topological polar surface area (TPSA) is 68.0 Å². The third kappa shape index (κ3) is 5.28. The Morgan fingerprint density at radius 1 is 1.50 bits per heavy atom. The molecule has 1 amide bonds. The normalized spacial score (nSPS) is 11.9. The Hall–Kier alpha value is -0.820. The largest absolute Gasteiger partial charge is 0.355 e. The molecule has 0 radical (unpaired) electrons. The monoisotopic (exact) mass is 331 g/mol. The van der Waals surface area contributed by atoms with E-state index in [0.717, 1.165) is 21.0 Å². The van der Waals surface area contributed by atoms with Gasteiger partial charge in [-0.05, 0) is 25.5 Å². The van der Waals surface area contributed by atoms with Gasteiger partial charge in [-0.1, -0.05) is 23.9 Å². The molecule has 0 aliphatic rings. The summed E-state index contributed by atoms with van der Waals surface area (Å²) in [4.78, 5) is 16.1. The van der Waals surface area contributed by atoms with Crippen molar-refractivity contribution in [2.45, 2.75) is 23.7 Å². The first-order chi connectivity index (χ1) is 9.15. The molecule has 0 saturated heterocycles. The highest BCUT2D eigenvalue weighted by atomic mass is 35.5. The van der Waals surface area contributed by atoms with Crippen LogP contribution in [0, 0.1) is 0 Å². The molecule has 0 bridgehead atoms. The summed E-state index contributed by atoms with van der Waals surface area (Å²) in [6.45, 7) is 2.57. The third-order valence-corrected chi connectivity index (χ3v) is 4.70. The zero-order chi connectivity index (χ0) is 13.7. The third-order valence-electron chi connectivity index (χ3n) is 2.52. The predicted molar refractivity (Wildman–Crippen MR) is 88.9 cm³/mol. The molecule has 2 rings (SSSR count). The van der Waals surface area contributed by atoms with Crippen molar-refractivity contribution >= 4 is 51.6 Å². The molecule has 0 aliphatic heterocycles. The molecule has 3 N–H and O–H groups in total. The van der Waals surface area contributed by atoms with Gasteiger partial charge < -0.3 is 11.1 Å². The first-order valence-corrected chi connectivity index (χ1v) is 7.96. The van der Waals surface area contributed by atoms with Crippen LogP contribution in [0.3, 0.4) is 0 Å². The molecular formula is C13H18ClN3OS2. The van der Waals surface area contributed by atoms with Crippen LogP contribution in [-0.2, 0) is 4.79 Å². The molecule has 1 unspecified atom stereocenters. The number of amides is 1. The number of aromatic nitrogens is 1. The minimum absolute atomic E-state index is 0. The highest BCUT2D eigenvalue weighted by Gasteiger charge is 2.07. The van der Waals surface area contributed by atoms with Crippen molar-refractivity contribution in [1.29, 1.82) is 0 Å². The van der Waals surface area contributed by atoms with Gasteiger partial charge in [0.15, 0.2) is 4.34 Å². The van der Waals surface area contributed by atoms with Crippen LogP contribution in [0.25, 0.3) is 10.2 Å². The lowest BCUT2D eigenvalue weighted by Crippen LogP contribution is -2.30. The number of hydrogen-bond acceptors (Lipinski definition) is 5. The maximum absolute atomic E-state index is 11.6. The smallest absolute Gasteiger partial charge is 0.230 e. The van der Waals surface area contributed by atoms with Crippen LogP contribution < -0.4 is 11.1 Å². The summed E-state index contributed by atoms with van der Waals surface area (Å²) in [6.07, 6.45) is 0.803. The first-order valence-electron chi connectivity index (χ1n) is 6.16. The Labute approximate surface area is 132 Å². The molecule has 4 nitrogen and oxygen atoms in total. The number of nitrogens with one attached hydrogen (secondary N) is 1. The fourth-order valence-electron chi connectivity index (χ4n) is 1.53. The van der Waals surface area contributed by atoms with Crippen molar-refractivity contribution in [3.63, 3.8) is 0 Å². The van der Waals surface area contributed by atoms with Crippen molar-refractivity contribution in [2.75, 3.05) is 12.3 Å². The van der Waals surface area contributed by atoms with Gasteiger partial charge >= 0.3 is 0 Å². The van der Waals surface area contributed by atoms with Gasteiger partial charge in [0.25, 0.3) is 0 Å². The number of carbonyl (C=O) groups excluding carboxylic acids is 1. The van der Waals surface area contributed by atoms with Gasteiger partial charge in [0.2, 0.25) is 5.91 Å². The highest BCUT2D eigenvalue weighted by molar-refractivity contribution is 8.01. The summed E-state index contributed by atoms with van der Waals surface area (Å²) in [5.41, 5.74) is 6.61. The number of halogens is 1. The molecule has 110 valence electrons. The Balaban J connectivity index is 0.00000200. The number of nitrogens with two attached hydrogens (primary N) is 1. The number of benzene rings is 1. The minimum atomic E-state index is 0. The molecule has 1 atom stereocenters. The molecule has 0 saturated carbocycles. The van der Waals surface area contributed by atoms with E-state index in [1.807, 2.05) is 31.2 Å². The van der Waals surface area contributed by atoms with Crippen molar-refractivity contribution in [1.82, 2.24) is 10.3 Å². The van der Waals surface area contributed by atoms with Crippen molar-refractivity contribution in [2.24, 2.45) is 5.73 Å². The molecule has 1 aromatic carbocycles. The van der Waals surface area contributed by atoms with Gasteiger partial charge in [-0.2, -0.15) is 0 Å². The van der Waals surface area contributed by atoms with Gasteiger partial charge in [-0.15, -0.1) is 23.7 Å². The second-order valence-electron chi connectivity index (χ2n) is 4.35. The predicted octanol–water partition coefficient (Wildman–Crippen LogP) is 2.66. The van der Waals surface area contributed by atoms with Gasteiger partial charge in [0, 0.05) is 12.6 Å². The van der Waals surface area contributed by atoms with E-state index < -0.39 is 0 Å². The zero-order valence-corrected chi connectivity index (χ0v) is 13.6. The van der Waals surface area contributed by atoms with Gasteiger partial charge in [-0.25, -0.2) is 4.98 Å². The molecule has 0 aliphatic carbocycles. The first kappa shape index (κ1) is 17.2. The lowest BCUT2D eigenvalue weighted by atomic mass is 10.2. The molecule has 1 aromatic heterocycles. The van der Waals surface area contributed by atoms with E-state index in [0.29, 0.717) is 12.3 Å². The fourth-order valence-corrected chi connectivity index (χ4v) is 3.43. The quantitative estimate of drug-likeness (QED) is 0.798. The average molecular weight is 332 g/mol. The number of nitrogens with zero attached hydrogens (tertiary/aromatic N) is 1. The highest BCUT2D eigenvalue weighted by Crippen LogP contribution is 2.28. The van der Waals surface area contributed by atoms with Gasteiger partial charge in [0.05, 0.1) is 16.0 Å². The SMILES string of the molecule is CC(N)CCNC(=O)CSc1nc2ccccc2s1.Cl. The van der Waals surface area contributed by atoms with Crippen molar-refractivity contribution in [3.05, 3.63) is 24.3 Å². The number of hydrogen-bond donors (Lipinski definition) is 2. The van der Waals surface area contributed by atoms with Crippen molar-refractivity contribution < 1.29 is 4.79 Å². The number of rotatable bonds is 6. The second kappa shape index (κ2) is 8.46. The number of carbonyl (C=O) groups is 1. The van der Waals surface area contributed by atoms with Gasteiger partial charge in [0.1, 0.15) is 0 Å². The molecule has 7 heteroatoms. The van der Waals surface area contributed by atoms with E-state index in [1.54, 1.807) is 11.3 Å². The van der Waals surface area contributed by atoms with Crippen LogP contribution in [0.2, 0.25) is 0 Å². The van der Waals surface area contributed by atoms with Crippen LogP contribution >= 0.6 is 35.5 Å². The average Bonchev–Trinajstić information content (AvgIpc) is 2.78. The summed E-state index contributed by atoms with van der Waals surface area (Å²) in [6, 6.07) is 8.11. The number of thioether (sulfide) groups is 1. The summed E-state index contributed by atoms with van der Waals surface area (Å²) < 4.78 is 2.09. The van der Waals surface area contributed by atoms with E-state index in [4.69, 9.17) is 5.73 Å². The Kier molecular flexibility index (Phi) is 7.29. The maximum atomic E-state index is 11.6. The van der Waals surface area contributed by atoms with E-state index in [1.165, 1.54) is 11.8 Å². The van der Waals surface area contributed by atoms with Crippen molar-refractivity contribution in [3.8, 4) is 0 Å². The van der Waals surface area contributed by atoms with Crippen LogP contribution in [0.1, 0.15) is 13.3 Å². The molecule has 2 aromatic rings. The number of fused-ring (bicyclic) bond motifs is 1. The van der Waals surface area contributed by atoms with E-state index in [9.17, 15) is 4.79 Å². The number of para-hydroxylation sites is 1. The fraction of sp³-hybridized carbons (Fsp3) is 0.385. The van der Waals surface area contributed by atoms with E-state index in [2.05, 4.69) is 10.3 Å². The standard InChI is InChI=1S/C13H17N3OS2.ClH/c1-9(14)6-7-15-12(17)8-18-13-16-10-4-2-3-5-11(10)19-13;/h2-5,9H,6-8,14H2,1H3,(H,15,17);1H. The number of thiazole rings is 1. The molecule has 1 heterocycles. The molecule has 20 heavy (non-hydrogen) atoms. The minimum Gasteiger partial charge on any atom is -0.355 e. The zero-order valence-electron chi connectivity index (χ0n) is 11.2. The van der Waals surface area contributed by atoms with Gasteiger partial charge in [-0.3, -0.25) is 4.79 Å². The summed E-state index contributed by atoms with van der Waals surface area (Å²) in [5.74, 6) is 0.434. The van der Waals surface area contributed by atoms with Crippen LogP contribution in [0.15, 0.2) is 28.6 Å². The second-order valence-corrected chi connectivity index (χ2v) is 6.61.